The van der Waals surface area contributed by atoms with Crippen molar-refractivity contribution in [1.82, 2.24) is 10.2 Å². The number of nitrogens with one attached hydrogen (secondary N) is 2. The SMILES string of the molecule is O=C(Nc1ccccc1C(=O)NC1CCCCC1)c1ccc(CN2CCCC2)cc1. The van der Waals surface area contributed by atoms with Gasteiger partial charge in [-0.1, -0.05) is 43.5 Å². The van der Waals surface area contributed by atoms with E-state index in [1.807, 2.05) is 36.4 Å². The average Bonchev–Trinajstić information content (AvgIpc) is 3.28. The molecule has 5 heteroatoms. The summed E-state index contributed by atoms with van der Waals surface area (Å²) in [5.41, 5.74) is 2.89. The van der Waals surface area contributed by atoms with Crippen LogP contribution in [-0.2, 0) is 6.54 Å². The van der Waals surface area contributed by atoms with E-state index in [0.29, 0.717) is 16.8 Å². The van der Waals surface area contributed by atoms with Gasteiger partial charge in [0, 0.05) is 18.2 Å². The number of benzene rings is 2. The van der Waals surface area contributed by atoms with Crippen molar-refractivity contribution in [2.24, 2.45) is 0 Å². The first-order valence-electron chi connectivity index (χ1n) is 11.2. The van der Waals surface area contributed by atoms with E-state index in [2.05, 4.69) is 15.5 Å². The molecule has 30 heavy (non-hydrogen) atoms. The van der Waals surface area contributed by atoms with Crippen molar-refractivity contribution in [2.75, 3.05) is 18.4 Å². The summed E-state index contributed by atoms with van der Waals surface area (Å²) in [6.07, 6.45) is 8.18. The highest BCUT2D eigenvalue weighted by molar-refractivity contribution is 6.09. The number of hydrogen-bond acceptors (Lipinski definition) is 3. The maximum Gasteiger partial charge on any atom is 0.255 e. The van der Waals surface area contributed by atoms with Crippen LogP contribution in [0.15, 0.2) is 48.5 Å². The summed E-state index contributed by atoms with van der Waals surface area (Å²) in [6.45, 7) is 3.25. The van der Waals surface area contributed by atoms with Crippen molar-refractivity contribution in [3.8, 4) is 0 Å². The molecule has 1 heterocycles. The highest BCUT2D eigenvalue weighted by Crippen LogP contribution is 2.21. The van der Waals surface area contributed by atoms with Crippen molar-refractivity contribution in [3.63, 3.8) is 0 Å². The van der Waals surface area contributed by atoms with Crippen LogP contribution in [0.1, 0.15) is 71.2 Å². The van der Waals surface area contributed by atoms with Crippen molar-refractivity contribution in [2.45, 2.75) is 57.5 Å². The summed E-state index contributed by atoms with van der Waals surface area (Å²) in [6, 6.07) is 15.2. The Labute approximate surface area is 178 Å². The Kier molecular flexibility index (Phi) is 6.80. The Morgan fingerprint density at radius 3 is 2.27 bits per heavy atom. The van der Waals surface area contributed by atoms with E-state index >= 15 is 0 Å². The largest absolute Gasteiger partial charge is 0.349 e. The number of amides is 2. The van der Waals surface area contributed by atoms with Gasteiger partial charge in [-0.25, -0.2) is 0 Å². The molecular formula is C25H31N3O2. The molecule has 1 saturated carbocycles. The summed E-state index contributed by atoms with van der Waals surface area (Å²) in [7, 11) is 0. The van der Waals surface area contributed by atoms with E-state index in [-0.39, 0.29) is 17.9 Å². The van der Waals surface area contributed by atoms with Crippen LogP contribution in [0.25, 0.3) is 0 Å². The first-order chi connectivity index (χ1) is 14.7. The van der Waals surface area contributed by atoms with Gasteiger partial charge in [-0.05, 0) is 68.6 Å². The van der Waals surface area contributed by atoms with E-state index in [4.69, 9.17) is 0 Å². The molecule has 2 amide bonds. The normalized spacial score (nSPS) is 17.6. The molecule has 0 unspecified atom stereocenters. The van der Waals surface area contributed by atoms with Crippen LogP contribution >= 0.6 is 0 Å². The predicted molar refractivity (Wildman–Crippen MR) is 120 cm³/mol. The fourth-order valence-electron chi connectivity index (χ4n) is 4.46. The van der Waals surface area contributed by atoms with Gasteiger partial charge in [0.05, 0.1) is 11.3 Å². The Balaban J connectivity index is 1.39. The van der Waals surface area contributed by atoms with Gasteiger partial charge in [0.25, 0.3) is 11.8 Å². The number of nitrogens with zero attached hydrogens (tertiary/aromatic N) is 1. The lowest BCUT2D eigenvalue weighted by Crippen LogP contribution is -2.36. The third-order valence-corrected chi connectivity index (χ3v) is 6.18. The molecule has 4 rings (SSSR count). The number of likely N-dealkylation sites (tertiary alicyclic amines) is 1. The van der Waals surface area contributed by atoms with Crippen LogP contribution in [0, 0.1) is 0 Å². The molecule has 2 aromatic carbocycles. The second-order valence-corrected chi connectivity index (χ2v) is 8.49. The molecule has 2 N–H and O–H groups in total. The fourth-order valence-corrected chi connectivity index (χ4v) is 4.46. The summed E-state index contributed by atoms with van der Waals surface area (Å²) in [4.78, 5) is 28.0. The van der Waals surface area contributed by atoms with E-state index in [1.165, 1.54) is 24.8 Å². The minimum atomic E-state index is -0.194. The topological polar surface area (TPSA) is 61.4 Å². The standard InChI is InChI=1S/C25H31N3O2/c29-24(20-14-12-19(13-15-20)18-28-16-6-7-17-28)27-23-11-5-4-10-22(23)25(30)26-21-8-2-1-3-9-21/h4-5,10-15,21H,1-3,6-9,16-18H2,(H,26,30)(H,27,29). The second-order valence-electron chi connectivity index (χ2n) is 8.49. The molecule has 0 bridgehead atoms. The number of carbonyl (C=O) groups excluding carboxylic acids is 2. The minimum Gasteiger partial charge on any atom is -0.349 e. The molecule has 0 spiro atoms. The molecule has 1 aliphatic carbocycles. The summed E-state index contributed by atoms with van der Waals surface area (Å²) in [5.74, 6) is -0.306. The van der Waals surface area contributed by atoms with E-state index < -0.39 is 0 Å². The Morgan fingerprint density at radius 2 is 1.53 bits per heavy atom. The second kappa shape index (κ2) is 9.90. The third kappa shape index (κ3) is 5.28. The molecule has 158 valence electrons. The first-order valence-corrected chi connectivity index (χ1v) is 11.2. The number of carbonyl (C=O) groups is 2. The van der Waals surface area contributed by atoms with Crippen LogP contribution in [0.4, 0.5) is 5.69 Å². The van der Waals surface area contributed by atoms with Gasteiger partial charge in [0.1, 0.15) is 0 Å². The quantitative estimate of drug-likeness (QED) is 0.738. The predicted octanol–water partition coefficient (Wildman–Crippen LogP) is 4.60. The smallest absolute Gasteiger partial charge is 0.255 e. The number of rotatable bonds is 6. The lowest BCUT2D eigenvalue weighted by molar-refractivity contribution is 0.0928. The molecule has 1 saturated heterocycles. The monoisotopic (exact) mass is 405 g/mol. The Hall–Kier alpha value is -2.66. The van der Waals surface area contributed by atoms with Gasteiger partial charge in [-0.15, -0.1) is 0 Å². The molecule has 5 nitrogen and oxygen atoms in total. The van der Waals surface area contributed by atoms with E-state index in [9.17, 15) is 9.59 Å². The lowest BCUT2D eigenvalue weighted by atomic mass is 9.95. The highest BCUT2D eigenvalue weighted by Gasteiger charge is 2.19. The van der Waals surface area contributed by atoms with Gasteiger partial charge < -0.3 is 10.6 Å². The van der Waals surface area contributed by atoms with Crippen LogP contribution in [-0.4, -0.2) is 35.8 Å². The molecular weight excluding hydrogens is 374 g/mol. The average molecular weight is 406 g/mol. The van der Waals surface area contributed by atoms with Crippen molar-refractivity contribution in [1.29, 1.82) is 0 Å². The molecule has 2 aliphatic rings. The van der Waals surface area contributed by atoms with Gasteiger partial charge in [-0.2, -0.15) is 0 Å². The van der Waals surface area contributed by atoms with Crippen molar-refractivity contribution < 1.29 is 9.59 Å². The zero-order valence-corrected chi connectivity index (χ0v) is 17.5. The fraction of sp³-hybridized carbons (Fsp3) is 0.440. The van der Waals surface area contributed by atoms with E-state index in [1.54, 1.807) is 12.1 Å². The Morgan fingerprint density at radius 1 is 0.833 bits per heavy atom. The summed E-state index contributed by atoms with van der Waals surface area (Å²) >= 11 is 0. The van der Waals surface area contributed by atoms with Gasteiger partial charge in [0.15, 0.2) is 0 Å². The van der Waals surface area contributed by atoms with Crippen LogP contribution in [0.3, 0.4) is 0 Å². The molecule has 0 atom stereocenters. The number of para-hydroxylation sites is 1. The zero-order chi connectivity index (χ0) is 20.8. The van der Waals surface area contributed by atoms with Crippen molar-refractivity contribution >= 4 is 17.5 Å². The van der Waals surface area contributed by atoms with Gasteiger partial charge >= 0.3 is 0 Å². The number of anilines is 1. The maximum atomic E-state index is 12.8. The number of hydrogen-bond donors (Lipinski definition) is 2. The molecule has 2 fully saturated rings. The first kappa shape index (κ1) is 20.6. The van der Waals surface area contributed by atoms with E-state index in [0.717, 1.165) is 45.3 Å². The van der Waals surface area contributed by atoms with Crippen LogP contribution < -0.4 is 10.6 Å². The summed E-state index contributed by atoms with van der Waals surface area (Å²) in [5, 5.41) is 6.06. The third-order valence-electron chi connectivity index (χ3n) is 6.18. The van der Waals surface area contributed by atoms with Crippen LogP contribution in [0.2, 0.25) is 0 Å². The zero-order valence-electron chi connectivity index (χ0n) is 17.5. The Bertz CT molecular complexity index is 866. The molecule has 0 aromatic heterocycles. The molecule has 1 aliphatic heterocycles. The summed E-state index contributed by atoms with van der Waals surface area (Å²) < 4.78 is 0. The van der Waals surface area contributed by atoms with Gasteiger partial charge in [-0.3, -0.25) is 14.5 Å². The minimum absolute atomic E-state index is 0.112. The molecule has 2 aromatic rings. The lowest BCUT2D eigenvalue weighted by Gasteiger charge is -2.23. The maximum absolute atomic E-state index is 12.8. The van der Waals surface area contributed by atoms with Crippen molar-refractivity contribution in [3.05, 3.63) is 65.2 Å². The van der Waals surface area contributed by atoms with Gasteiger partial charge in [0.2, 0.25) is 0 Å². The highest BCUT2D eigenvalue weighted by atomic mass is 16.2. The molecule has 0 radical (unpaired) electrons. The van der Waals surface area contributed by atoms with Crippen LogP contribution in [0.5, 0.6) is 0 Å².